The maximum atomic E-state index is 13.9. The Labute approximate surface area is 147 Å². The van der Waals surface area contributed by atoms with Crippen molar-refractivity contribution in [2.45, 2.75) is 17.3 Å². The highest BCUT2D eigenvalue weighted by Crippen LogP contribution is 2.28. The zero-order chi connectivity index (χ0) is 18.0. The molecule has 4 nitrogen and oxygen atoms in total. The van der Waals surface area contributed by atoms with E-state index in [0.717, 1.165) is 0 Å². The molecular weight excluding hydrogens is 344 g/mol. The molecule has 0 unspecified atom stereocenters. The van der Waals surface area contributed by atoms with Crippen molar-refractivity contribution in [3.8, 4) is 11.4 Å². The largest absolute Gasteiger partial charge is 0.305 e. The second-order valence-electron chi connectivity index (χ2n) is 5.48. The van der Waals surface area contributed by atoms with Crippen LogP contribution in [0.3, 0.4) is 0 Å². The van der Waals surface area contributed by atoms with E-state index < -0.39 is 5.25 Å². The Morgan fingerprint density at radius 2 is 1.76 bits per heavy atom. The summed E-state index contributed by atoms with van der Waals surface area (Å²) in [5.41, 5.74) is 0.778. The Hall–Kier alpha value is -2.54. The van der Waals surface area contributed by atoms with Gasteiger partial charge in [-0.3, -0.25) is 4.79 Å². The molecule has 0 saturated carbocycles. The van der Waals surface area contributed by atoms with E-state index in [1.807, 2.05) is 0 Å². The second-order valence-corrected chi connectivity index (χ2v) is 6.78. The van der Waals surface area contributed by atoms with E-state index in [4.69, 9.17) is 0 Å². The Morgan fingerprint density at radius 1 is 1.08 bits per heavy atom. The minimum Gasteiger partial charge on any atom is -0.305 e. The van der Waals surface area contributed by atoms with E-state index in [9.17, 15) is 13.6 Å². The van der Waals surface area contributed by atoms with Crippen LogP contribution in [0.4, 0.5) is 8.78 Å². The summed E-state index contributed by atoms with van der Waals surface area (Å²) in [5.74, 6) is -0.521. The van der Waals surface area contributed by atoms with Gasteiger partial charge in [0, 0.05) is 12.6 Å². The van der Waals surface area contributed by atoms with Crippen molar-refractivity contribution in [3.05, 3.63) is 65.7 Å². The second kappa shape index (κ2) is 7.14. The van der Waals surface area contributed by atoms with Gasteiger partial charge in [0.2, 0.25) is 0 Å². The lowest BCUT2D eigenvalue weighted by Crippen LogP contribution is -2.14. The van der Waals surface area contributed by atoms with Gasteiger partial charge in [-0.1, -0.05) is 23.9 Å². The van der Waals surface area contributed by atoms with Gasteiger partial charge in [-0.2, -0.15) is 0 Å². The van der Waals surface area contributed by atoms with Crippen LogP contribution in [0.5, 0.6) is 0 Å². The van der Waals surface area contributed by atoms with Gasteiger partial charge in [-0.05, 0) is 43.3 Å². The van der Waals surface area contributed by atoms with Gasteiger partial charge in [0.1, 0.15) is 11.6 Å². The predicted molar refractivity (Wildman–Crippen MR) is 92.4 cm³/mol. The fourth-order valence-electron chi connectivity index (χ4n) is 2.36. The smallest absolute Gasteiger partial charge is 0.191 e. The average Bonchev–Trinajstić information content (AvgIpc) is 2.96. The summed E-state index contributed by atoms with van der Waals surface area (Å²) in [7, 11) is 1.72. The highest BCUT2D eigenvalue weighted by Gasteiger charge is 2.21. The third-order valence-electron chi connectivity index (χ3n) is 3.73. The number of hydrogen-bond donors (Lipinski definition) is 0. The van der Waals surface area contributed by atoms with Crippen molar-refractivity contribution >= 4 is 17.5 Å². The molecule has 0 spiro atoms. The molecule has 0 fully saturated rings. The molecule has 3 aromatic rings. The molecule has 1 aromatic heterocycles. The summed E-state index contributed by atoms with van der Waals surface area (Å²) in [4.78, 5) is 12.4. The van der Waals surface area contributed by atoms with Crippen molar-refractivity contribution in [2.24, 2.45) is 7.05 Å². The van der Waals surface area contributed by atoms with Crippen LogP contribution in [-0.2, 0) is 7.05 Å². The third-order valence-corrected chi connectivity index (χ3v) is 4.86. The highest BCUT2D eigenvalue weighted by molar-refractivity contribution is 8.00. The summed E-state index contributed by atoms with van der Waals surface area (Å²) >= 11 is 1.22. The zero-order valence-electron chi connectivity index (χ0n) is 13.6. The van der Waals surface area contributed by atoms with Crippen molar-refractivity contribution in [1.82, 2.24) is 14.8 Å². The summed E-state index contributed by atoms with van der Waals surface area (Å²) in [6.07, 6.45) is 0. The van der Waals surface area contributed by atoms with E-state index in [2.05, 4.69) is 10.2 Å². The van der Waals surface area contributed by atoms with E-state index >= 15 is 0 Å². The topological polar surface area (TPSA) is 47.8 Å². The van der Waals surface area contributed by atoms with Crippen LogP contribution in [0.15, 0.2) is 53.7 Å². The maximum Gasteiger partial charge on any atom is 0.191 e. The van der Waals surface area contributed by atoms with Gasteiger partial charge in [0.25, 0.3) is 0 Å². The van der Waals surface area contributed by atoms with Gasteiger partial charge in [0.15, 0.2) is 16.8 Å². The van der Waals surface area contributed by atoms with Gasteiger partial charge in [0.05, 0.1) is 10.8 Å². The molecule has 2 aromatic carbocycles. The number of aromatic nitrogens is 3. The predicted octanol–water partition coefficient (Wildman–Crippen LogP) is 4.12. The lowest BCUT2D eigenvalue weighted by molar-refractivity contribution is 0.0994. The molecule has 1 atom stereocenters. The number of halogens is 2. The lowest BCUT2D eigenvalue weighted by Gasteiger charge is -2.10. The molecule has 0 N–H and O–H groups in total. The summed E-state index contributed by atoms with van der Waals surface area (Å²) in [5, 5.41) is 8.15. The van der Waals surface area contributed by atoms with Crippen LogP contribution < -0.4 is 0 Å². The number of hydrogen-bond acceptors (Lipinski definition) is 4. The number of ketones is 1. The molecule has 7 heteroatoms. The normalized spacial score (nSPS) is 12.2. The fraction of sp³-hybridized carbons (Fsp3) is 0.167. The van der Waals surface area contributed by atoms with Crippen LogP contribution >= 0.6 is 11.8 Å². The van der Waals surface area contributed by atoms with Crippen molar-refractivity contribution < 1.29 is 13.6 Å². The standard InChI is InChI=1S/C18H15F2N3OS/c1-11(16(24)12-7-9-13(19)10-8-12)25-18-22-21-17(23(18)2)14-5-3-4-6-15(14)20/h3-11H,1-2H3/t11-/m0/s1. The highest BCUT2D eigenvalue weighted by atomic mass is 32.2. The minimum absolute atomic E-state index is 0.138. The molecule has 128 valence electrons. The Morgan fingerprint density at radius 3 is 2.44 bits per heavy atom. The molecule has 0 amide bonds. The summed E-state index contributed by atoms with van der Waals surface area (Å²) in [6.45, 7) is 1.74. The van der Waals surface area contributed by atoms with Crippen molar-refractivity contribution in [1.29, 1.82) is 0 Å². The van der Waals surface area contributed by atoms with Gasteiger partial charge in [-0.25, -0.2) is 8.78 Å². The van der Waals surface area contributed by atoms with Gasteiger partial charge in [-0.15, -0.1) is 10.2 Å². The number of rotatable bonds is 5. The van der Waals surface area contributed by atoms with Crippen LogP contribution in [0.2, 0.25) is 0 Å². The van der Waals surface area contributed by atoms with E-state index in [0.29, 0.717) is 22.1 Å². The number of nitrogens with zero attached hydrogens (tertiary/aromatic N) is 3. The first-order chi connectivity index (χ1) is 12.0. The maximum absolute atomic E-state index is 13.9. The molecule has 25 heavy (non-hydrogen) atoms. The van der Waals surface area contributed by atoms with Crippen molar-refractivity contribution in [3.63, 3.8) is 0 Å². The third kappa shape index (κ3) is 3.61. The molecule has 0 aliphatic carbocycles. The van der Waals surface area contributed by atoms with Crippen molar-refractivity contribution in [2.75, 3.05) is 0 Å². The quantitative estimate of drug-likeness (QED) is 0.508. The molecule has 3 rings (SSSR count). The molecule has 1 heterocycles. The Balaban J connectivity index is 1.81. The monoisotopic (exact) mass is 359 g/mol. The minimum atomic E-state index is -0.443. The van der Waals surface area contributed by atoms with E-state index in [1.165, 1.54) is 42.1 Å². The average molecular weight is 359 g/mol. The molecule has 0 saturated heterocycles. The fourth-order valence-corrected chi connectivity index (χ4v) is 3.25. The molecule has 0 radical (unpaired) electrons. The number of Topliss-reactive ketones (excluding diaryl/α,β-unsaturated/α-hetero) is 1. The van der Waals surface area contributed by atoms with E-state index in [-0.39, 0.29) is 17.4 Å². The Bertz CT molecular complexity index is 909. The van der Waals surface area contributed by atoms with E-state index in [1.54, 1.807) is 36.7 Å². The van der Waals surface area contributed by atoms with Crippen LogP contribution in [0.1, 0.15) is 17.3 Å². The molecule has 0 aliphatic heterocycles. The number of benzene rings is 2. The summed E-state index contributed by atoms with van der Waals surface area (Å²) < 4.78 is 28.6. The lowest BCUT2D eigenvalue weighted by atomic mass is 10.1. The number of thioether (sulfide) groups is 1. The first kappa shape index (κ1) is 17.3. The van der Waals surface area contributed by atoms with Crippen LogP contribution in [0.25, 0.3) is 11.4 Å². The number of carbonyl (C=O) groups is 1. The molecular formula is C18H15F2N3OS. The van der Waals surface area contributed by atoms with Gasteiger partial charge >= 0.3 is 0 Å². The number of carbonyl (C=O) groups excluding carboxylic acids is 1. The van der Waals surface area contributed by atoms with Crippen LogP contribution in [-0.4, -0.2) is 25.8 Å². The SMILES string of the molecule is C[C@H](Sc1nnc(-c2ccccc2F)n1C)C(=O)c1ccc(F)cc1. The molecule has 0 aliphatic rings. The molecule has 0 bridgehead atoms. The first-order valence-electron chi connectivity index (χ1n) is 7.58. The van der Waals surface area contributed by atoms with Gasteiger partial charge < -0.3 is 4.57 Å². The van der Waals surface area contributed by atoms with Crippen LogP contribution in [0, 0.1) is 11.6 Å². The summed E-state index contributed by atoms with van der Waals surface area (Å²) in [6, 6.07) is 11.7. The first-order valence-corrected chi connectivity index (χ1v) is 8.46. The Kier molecular flexibility index (Phi) is 4.94. The zero-order valence-corrected chi connectivity index (χ0v) is 14.4.